The Morgan fingerprint density at radius 3 is 2.62 bits per heavy atom. The molecule has 1 aromatic rings. The van der Waals surface area contributed by atoms with Crippen molar-refractivity contribution in [2.45, 2.75) is 12.5 Å². The lowest BCUT2D eigenvalue weighted by molar-refractivity contribution is -0.112. The SMILES string of the molecule is CN(C)CCN(/C=C(/C#N)C(=O)Nc1cccc(C(=O)O)c1)C1CCS(=O)(=O)C1. The lowest BCUT2D eigenvalue weighted by Gasteiger charge is -2.28. The zero-order valence-electron chi connectivity index (χ0n) is 16.3. The number of carboxylic acid groups (broad SMARTS) is 1. The van der Waals surface area contributed by atoms with Crippen LogP contribution < -0.4 is 5.32 Å². The lowest BCUT2D eigenvalue weighted by Crippen LogP contribution is -2.37. The maximum absolute atomic E-state index is 12.5. The van der Waals surface area contributed by atoms with Crippen LogP contribution in [0.3, 0.4) is 0 Å². The number of carbonyl (C=O) groups is 2. The van der Waals surface area contributed by atoms with E-state index in [1.165, 1.54) is 30.5 Å². The number of hydrogen-bond acceptors (Lipinski definition) is 7. The number of amides is 1. The molecular formula is C19H24N4O5S. The van der Waals surface area contributed by atoms with Crippen LogP contribution in [0.1, 0.15) is 16.8 Å². The molecule has 2 N–H and O–H groups in total. The van der Waals surface area contributed by atoms with Gasteiger partial charge in [-0.1, -0.05) is 6.07 Å². The standard InChI is InChI=1S/C19H24N4O5S/c1-22(2)7-8-23(17-6-9-29(27,28)13-17)12-15(11-20)18(24)21-16-5-3-4-14(10-16)19(25)26/h3-5,10,12,17H,6-9,13H2,1-2H3,(H,21,24)(H,25,26)/b15-12-. The van der Waals surface area contributed by atoms with Gasteiger partial charge in [0.15, 0.2) is 9.84 Å². The number of sulfone groups is 1. The van der Waals surface area contributed by atoms with E-state index in [0.29, 0.717) is 19.5 Å². The first-order valence-corrected chi connectivity index (χ1v) is 10.8. The van der Waals surface area contributed by atoms with Gasteiger partial charge in [0.05, 0.1) is 17.1 Å². The number of carboxylic acids is 1. The van der Waals surface area contributed by atoms with Crippen molar-refractivity contribution < 1.29 is 23.1 Å². The first-order valence-electron chi connectivity index (χ1n) is 8.99. The second kappa shape index (κ2) is 9.54. The Hall–Kier alpha value is -2.90. The summed E-state index contributed by atoms with van der Waals surface area (Å²) < 4.78 is 23.7. The van der Waals surface area contributed by atoms with Crippen LogP contribution in [-0.2, 0) is 14.6 Å². The van der Waals surface area contributed by atoms with Gasteiger partial charge in [-0.15, -0.1) is 0 Å². The normalized spacial score (nSPS) is 18.3. The largest absolute Gasteiger partial charge is 0.478 e. The maximum atomic E-state index is 12.5. The third kappa shape index (κ3) is 6.58. The molecular weight excluding hydrogens is 396 g/mol. The number of anilines is 1. The molecule has 1 heterocycles. The summed E-state index contributed by atoms with van der Waals surface area (Å²) in [6.07, 6.45) is 1.83. The van der Waals surface area contributed by atoms with Gasteiger partial charge in [0, 0.05) is 31.0 Å². The highest BCUT2D eigenvalue weighted by Gasteiger charge is 2.31. The molecule has 1 saturated heterocycles. The molecule has 0 aliphatic carbocycles. The molecule has 29 heavy (non-hydrogen) atoms. The van der Waals surface area contributed by atoms with Crippen LogP contribution in [0.4, 0.5) is 5.69 Å². The maximum Gasteiger partial charge on any atom is 0.335 e. The molecule has 9 nitrogen and oxygen atoms in total. The van der Waals surface area contributed by atoms with Crippen molar-refractivity contribution >= 4 is 27.4 Å². The third-order valence-electron chi connectivity index (χ3n) is 4.51. The van der Waals surface area contributed by atoms with Crippen LogP contribution in [0.15, 0.2) is 36.0 Å². The minimum atomic E-state index is -3.13. The van der Waals surface area contributed by atoms with Crippen LogP contribution in [0.2, 0.25) is 0 Å². The first-order chi connectivity index (χ1) is 13.6. The fourth-order valence-electron chi connectivity index (χ4n) is 2.94. The number of benzene rings is 1. The predicted molar refractivity (Wildman–Crippen MR) is 108 cm³/mol. The van der Waals surface area contributed by atoms with E-state index in [1.54, 1.807) is 4.90 Å². The Morgan fingerprint density at radius 2 is 2.07 bits per heavy atom. The van der Waals surface area contributed by atoms with Gasteiger partial charge in [-0.2, -0.15) is 5.26 Å². The molecule has 1 aliphatic heterocycles. The zero-order valence-corrected chi connectivity index (χ0v) is 17.1. The van der Waals surface area contributed by atoms with E-state index in [-0.39, 0.29) is 34.4 Å². The van der Waals surface area contributed by atoms with E-state index >= 15 is 0 Å². The number of nitrogens with zero attached hydrogens (tertiary/aromatic N) is 3. The molecule has 0 saturated carbocycles. The molecule has 1 atom stereocenters. The van der Waals surface area contributed by atoms with Gasteiger partial charge in [-0.25, -0.2) is 13.2 Å². The summed E-state index contributed by atoms with van der Waals surface area (Å²) >= 11 is 0. The van der Waals surface area contributed by atoms with E-state index in [2.05, 4.69) is 5.32 Å². The van der Waals surface area contributed by atoms with Crippen molar-refractivity contribution in [2.24, 2.45) is 0 Å². The smallest absolute Gasteiger partial charge is 0.335 e. The Kier molecular flexibility index (Phi) is 7.36. The highest BCUT2D eigenvalue weighted by Crippen LogP contribution is 2.19. The monoisotopic (exact) mass is 420 g/mol. The van der Waals surface area contributed by atoms with Gasteiger partial charge in [0.1, 0.15) is 11.6 Å². The van der Waals surface area contributed by atoms with Gasteiger partial charge in [0.25, 0.3) is 5.91 Å². The summed E-state index contributed by atoms with van der Waals surface area (Å²) in [5, 5.41) is 21.0. The number of aromatic carboxylic acids is 1. The quantitative estimate of drug-likeness (QED) is 0.466. The molecule has 2 rings (SSSR count). The zero-order chi connectivity index (χ0) is 21.6. The molecule has 0 spiro atoms. The molecule has 1 amide bonds. The van der Waals surface area contributed by atoms with E-state index in [9.17, 15) is 23.3 Å². The van der Waals surface area contributed by atoms with E-state index in [1.807, 2.05) is 25.1 Å². The van der Waals surface area contributed by atoms with Crippen LogP contribution in [0.5, 0.6) is 0 Å². The summed E-state index contributed by atoms with van der Waals surface area (Å²) in [7, 11) is 0.624. The van der Waals surface area contributed by atoms with Crippen LogP contribution in [0, 0.1) is 11.3 Å². The lowest BCUT2D eigenvalue weighted by atomic mass is 10.2. The molecule has 0 aromatic heterocycles. The Bertz CT molecular complexity index is 950. The molecule has 1 aliphatic rings. The molecule has 156 valence electrons. The van der Waals surface area contributed by atoms with E-state index in [4.69, 9.17) is 5.11 Å². The van der Waals surface area contributed by atoms with Crippen molar-refractivity contribution in [3.63, 3.8) is 0 Å². The summed E-state index contributed by atoms with van der Waals surface area (Å²) in [5.74, 6) is -1.75. The topological polar surface area (TPSA) is 131 Å². The number of carbonyl (C=O) groups excluding carboxylic acids is 1. The van der Waals surface area contributed by atoms with Crippen molar-refractivity contribution in [1.29, 1.82) is 5.26 Å². The molecule has 0 bridgehead atoms. The number of rotatable bonds is 8. The first kappa shape index (κ1) is 22.4. The predicted octanol–water partition coefficient (Wildman–Crippen LogP) is 0.781. The second-order valence-electron chi connectivity index (χ2n) is 7.09. The molecule has 1 fully saturated rings. The highest BCUT2D eigenvalue weighted by atomic mass is 32.2. The minimum absolute atomic E-state index is 0.00839. The Labute approximate surface area is 170 Å². The molecule has 1 aromatic carbocycles. The van der Waals surface area contributed by atoms with Crippen LogP contribution >= 0.6 is 0 Å². The fourth-order valence-corrected chi connectivity index (χ4v) is 4.68. The van der Waals surface area contributed by atoms with Crippen molar-refractivity contribution in [3.8, 4) is 6.07 Å². The van der Waals surface area contributed by atoms with Crippen molar-refractivity contribution in [1.82, 2.24) is 9.80 Å². The average Bonchev–Trinajstić information content (AvgIpc) is 3.01. The van der Waals surface area contributed by atoms with E-state index in [0.717, 1.165) is 0 Å². The third-order valence-corrected chi connectivity index (χ3v) is 6.26. The number of hydrogen-bond donors (Lipinski definition) is 2. The van der Waals surface area contributed by atoms with Gasteiger partial charge >= 0.3 is 5.97 Å². The van der Waals surface area contributed by atoms with E-state index < -0.39 is 21.7 Å². The van der Waals surface area contributed by atoms with Crippen molar-refractivity contribution in [2.75, 3.05) is 44.0 Å². The number of nitriles is 1. The van der Waals surface area contributed by atoms with Crippen LogP contribution in [0.25, 0.3) is 0 Å². The van der Waals surface area contributed by atoms with Gasteiger partial charge in [0.2, 0.25) is 0 Å². The highest BCUT2D eigenvalue weighted by molar-refractivity contribution is 7.91. The second-order valence-corrected chi connectivity index (χ2v) is 9.32. The van der Waals surface area contributed by atoms with Gasteiger partial charge < -0.3 is 20.2 Å². The Morgan fingerprint density at radius 1 is 1.34 bits per heavy atom. The summed E-state index contributed by atoms with van der Waals surface area (Å²) in [6.45, 7) is 1.08. The number of nitrogens with one attached hydrogen (secondary N) is 1. The molecule has 0 radical (unpaired) electrons. The molecule has 10 heteroatoms. The van der Waals surface area contributed by atoms with Crippen molar-refractivity contribution in [3.05, 3.63) is 41.6 Å². The van der Waals surface area contributed by atoms with Gasteiger partial charge in [-0.3, -0.25) is 4.79 Å². The average molecular weight is 420 g/mol. The summed E-state index contributed by atoms with van der Waals surface area (Å²) in [5.41, 5.74) is 0.0715. The minimum Gasteiger partial charge on any atom is -0.478 e. The van der Waals surface area contributed by atoms with Gasteiger partial charge in [-0.05, 0) is 38.7 Å². The summed E-state index contributed by atoms with van der Waals surface area (Å²) in [4.78, 5) is 27.3. The Balaban J connectivity index is 2.22. The summed E-state index contributed by atoms with van der Waals surface area (Å²) in [6, 6.07) is 7.24. The molecule has 1 unspecified atom stereocenters. The number of likely N-dealkylation sites (N-methyl/N-ethyl adjacent to an activating group) is 1. The fraction of sp³-hybridized carbons (Fsp3) is 0.421. The van der Waals surface area contributed by atoms with Crippen LogP contribution in [-0.4, -0.2) is 79.9 Å².